The van der Waals surface area contributed by atoms with Gasteiger partial charge in [-0.25, -0.2) is 14.6 Å². The molecule has 0 radical (unpaired) electrons. The van der Waals surface area contributed by atoms with Crippen molar-refractivity contribution in [3.05, 3.63) is 54.6 Å². The lowest BCUT2D eigenvalue weighted by Crippen LogP contribution is -2.14. The van der Waals surface area contributed by atoms with Crippen molar-refractivity contribution in [1.29, 1.82) is 0 Å². The summed E-state index contributed by atoms with van der Waals surface area (Å²) < 4.78 is 6.96. The molecule has 0 spiro atoms. The van der Waals surface area contributed by atoms with Crippen LogP contribution in [0.5, 0.6) is 0 Å². The normalized spacial score (nSPS) is 11.7. The maximum Gasteiger partial charge on any atom is 0.237 e. The Balaban J connectivity index is 1.47. The molecule has 0 atom stereocenters. The second-order valence-corrected chi connectivity index (χ2v) is 8.44. The largest absolute Gasteiger partial charge is 0.338 e. The van der Waals surface area contributed by atoms with Crippen LogP contribution >= 0.6 is 11.8 Å². The quantitative estimate of drug-likeness (QED) is 0.396. The molecule has 0 saturated carbocycles. The van der Waals surface area contributed by atoms with Crippen molar-refractivity contribution >= 4 is 34.6 Å². The molecule has 4 rings (SSSR count). The molecule has 0 aliphatic heterocycles. The number of hydrogen-bond donors (Lipinski definition) is 1. The van der Waals surface area contributed by atoms with Crippen molar-refractivity contribution in [2.24, 2.45) is 0 Å². The molecule has 9 heteroatoms. The van der Waals surface area contributed by atoms with Crippen LogP contribution < -0.4 is 5.32 Å². The number of amides is 1. The number of carbonyl (C=O) groups excluding carboxylic acids is 1. The lowest BCUT2D eigenvalue weighted by Gasteiger charge is -2.12. The van der Waals surface area contributed by atoms with Gasteiger partial charge in [0.15, 0.2) is 5.65 Å². The van der Waals surface area contributed by atoms with Crippen LogP contribution in [0.1, 0.15) is 26.5 Å². The average Bonchev–Trinajstić information content (AvgIpc) is 3.34. The molecule has 148 valence electrons. The summed E-state index contributed by atoms with van der Waals surface area (Å²) in [5.41, 5.74) is 2.24. The van der Waals surface area contributed by atoms with E-state index in [1.807, 2.05) is 51.1 Å². The average molecular weight is 408 g/mol. The number of carbonyl (C=O) groups is 1. The van der Waals surface area contributed by atoms with Crippen LogP contribution in [0.15, 0.2) is 58.5 Å². The van der Waals surface area contributed by atoms with Gasteiger partial charge in [0.1, 0.15) is 11.4 Å². The van der Waals surface area contributed by atoms with Gasteiger partial charge < -0.3 is 4.52 Å². The Kier molecular flexibility index (Phi) is 5.06. The van der Waals surface area contributed by atoms with Gasteiger partial charge in [-0.15, -0.1) is 0 Å². The molecule has 3 heterocycles. The summed E-state index contributed by atoms with van der Waals surface area (Å²) in [6.45, 7) is 6.09. The van der Waals surface area contributed by atoms with Gasteiger partial charge in [-0.1, -0.05) is 55.9 Å². The summed E-state index contributed by atoms with van der Waals surface area (Å²) in [4.78, 5) is 21.0. The van der Waals surface area contributed by atoms with Crippen LogP contribution in [0.2, 0.25) is 0 Å². The second-order valence-electron chi connectivity index (χ2n) is 7.47. The molecule has 1 N–H and O–H groups in total. The molecule has 0 unspecified atom stereocenters. The predicted molar refractivity (Wildman–Crippen MR) is 111 cm³/mol. The van der Waals surface area contributed by atoms with Crippen LogP contribution in [-0.4, -0.2) is 36.6 Å². The molecule has 1 aromatic carbocycles. The summed E-state index contributed by atoms with van der Waals surface area (Å²) in [6, 6.07) is 11.5. The van der Waals surface area contributed by atoms with Crippen molar-refractivity contribution in [3.8, 4) is 5.69 Å². The highest BCUT2D eigenvalue weighted by Crippen LogP contribution is 2.27. The number of benzene rings is 1. The van der Waals surface area contributed by atoms with Gasteiger partial charge in [0.05, 0.1) is 28.7 Å². The van der Waals surface area contributed by atoms with Crippen molar-refractivity contribution in [2.75, 3.05) is 11.1 Å². The molecule has 4 aromatic rings. The molecule has 0 bridgehead atoms. The molecule has 0 fully saturated rings. The topological polar surface area (TPSA) is 98.7 Å². The molecule has 8 nitrogen and oxygen atoms in total. The Morgan fingerprint density at radius 1 is 1.21 bits per heavy atom. The molecule has 0 aliphatic rings. The number of hydrogen-bond acceptors (Lipinski definition) is 7. The van der Waals surface area contributed by atoms with Gasteiger partial charge in [0, 0.05) is 11.5 Å². The van der Waals surface area contributed by atoms with E-state index in [0.29, 0.717) is 16.6 Å². The zero-order chi connectivity index (χ0) is 20.4. The Bertz CT molecular complexity index is 1150. The zero-order valence-corrected chi connectivity index (χ0v) is 17.1. The maximum absolute atomic E-state index is 12.3. The number of thioether (sulfide) groups is 1. The molecular weight excluding hydrogens is 388 g/mol. The predicted octanol–water partition coefficient (Wildman–Crippen LogP) is 3.83. The Hall–Kier alpha value is -3.20. The fourth-order valence-corrected chi connectivity index (χ4v) is 3.45. The van der Waals surface area contributed by atoms with Gasteiger partial charge in [-0.2, -0.15) is 5.10 Å². The molecule has 0 saturated heterocycles. The van der Waals surface area contributed by atoms with Gasteiger partial charge in [0.2, 0.25) is 11.8 Å². The van der Waals surface area contributed by atoms with E-state index in [2.05, 4.69) is 25.5 Å². The maximum atomic E-state index is 12.3. The van der Waals surface area contributed by atoms with Crippen LogP contribution in [0.4, 0.5) is 5.88 Å². The fraction of sp³-hybridized carbons (Fsp3) is 0.250. The fourth-order valence-electron chi connectivity index (χ4n) is 2.69. The zero-order valence-electron chi connectivity index (χ0n) is 16.3. The first-order valence-corrected chi connectivity index (χ1v) is 10.0. The van der Waals surface area contributed by atoms with E-state index in [9.17, 15) is 4.79 Å². The molecule has 1 amide bonds. The van der Waals surface area contributed by atoms with Crippen LogP contribution in [-0.2, 0) is 10.2 Å². The Morgan fingerprint density at radius 2 is 2.00 bits per heavy atom. The minimum absolute atomic E-state index is 0.146. The summed E-state index contributed by atoms with van der Waals surface area (Å²) in [7, 11) is 0. The summed E-state index contributed by atoms with van der Waals surface area (Å²) in [6.07, 6.45) is 3.20. The summed E-state index contributed by atoms with van der Waals surface area (Å²) in [5, 5.41) is 12.6. The first-order chi connectivity index (χ1) is 13.9. The van der Waals surface area contributed by atoms with E-state index in [1.165, 1.54) is 18.1 Å². The third-order valence-corrected chi connectivity index (χ3v) is 5.22. The lowest BCUT2D eigenvalue weighted by molar-refractivity contribution is -0.113. The minimum atomic E-state index is -0.200. The first kappa shape index (κ1) is 19.1. The number of nitrogens with zero attached hydrogens (tertiary/aromatic N) is 5. The van der Waals surface area contributed by atoms with Crippen LogP contribution in [0, 0.1) is 0 Å². The van der Waals surface area contributed by atoms with Crippen LogP contribution in [0.3, 0.4) is 0 Å². The van der Waals surface area contributed by atoms with Crippen molar-refractivity contribution in [1.82, 2.24) is 24.9 Å². The van der Waals surface area contributed by atoms with E-state index in [4.69, 9.17) is 4.52 Å². The summed E-state index contributed by atoms with van der Waals surface area (Å²) >= 11 is 1.32. The Morgan fingerprint density at radius 3 is 2.72 bits per heavy atom. The molecule has 0 aliphatic carbocycles. The van der Waals surface area contributed by atoms with Gasteiger partial charge >= 0.3 is 0 Å². The number of para-hydroxylation sites is 1. The standard InChI is InChI=1S/C20H20N6O2S/c1-20(2,3)15-9-17(28-25-15)24-16(27)11-29-19-14-10-23-26(18(14)21-12-22-19)13-7-5-4-6-8-13/h4-10,12H,11H2,1-3H3,(H,24,27). The van der Waals surface area contributed by atoms with Gasteiger partial charge in [-0.3, -0.25) is 10.1 Å². The monoisotopic (exact) mass is 408 g/mol. The molecule has 3 aromatic heterocycles. The number of nitrogens with one attached hydrogen (secondary N) is 1. The number of rotatable bonds is 5. The van der Waals surface area contributed by atoms with Crippen molar-refractivity contribution in [2.45, 2.75) is 31.2 Å². The number of anilines is 1. The highest BCUT2D eigenvalue weighted by molar-refractivity contribution is 8.00. The Labute approximate surface area is 171 Å². The van der Waals surface area contributed by atoms with E-state index < -0.39 is 0 Å². The SMILES string of the molecule is CC(C)(C)c1cc(NC(=O)CSc2ncnc3c2cnn3-c2ccccc2)on1. The van der Waals surface area contributed by atoms with E-state index in [-0.39, 0.29) is 17.1 Å². The lowest BCUT2D eigenvalue weighted by atomic mass is 9.92. The van der Waals surface area contributed by atoms with E-state index in [0.717, 1.165) is 16.8 Å². The first-order valence-electron chi connectivity index (χ1n) is 9.06. The molecule has 29 heavy (non-hydrogen) atoms. The second kappa shape index (κ2) is 7.67. The third kappa shape index (κ3) is 4.14. The van der Waals surface area contributed by atoms with Gasteiger partial charge in [-0.05, 0) is 12.1 Å². The minimum Gasteiger partial charge on any atom is -0.338 e. The van der Waals surface area contributed by atoms with Crippen molar-refractivity contribution < 1.29 is 9.32 Å². The molecular formula is C20H20N6O2S. The van der Waals surface area contributed by atoms with E-state index >= 15 is 0 Å². The number of fused-ring (bicyclic) bond motifs is 1. The highest BCUT2D eigenvalue weighted by atomic mass is 32.2. The van der Waals surface area contributed by atoms with Crippen molar-refractivity contribution in [3.63, 3.8) is 0 Å². The van der Waals surface area contributed by atoms with Gasteiger partial charge in [0.25, 0.3) is 0 Å². The summed E-state index contributed by atoms with van der Waals surface area (Å²) in [5.74, 6) is 0.313. The van der Waals surface area contributed by atoms with Crippen LogP contribution in [0.25, 0.3) is 16.7 Å². The smallest absolute Gasteiger partial charge is 0.237 e. The van der Waals surface area contributed by atoms with E-state index in [1.54, 1.807) is 16.9 Å². The number of aromatic nitrogens is 5. The third-order valence-electron chi connectivity index (χ3n) is 4.21. The highest BCUT2D eigenvalue weighted by Gasteiger charge is 2.20.